The Morgan fingerprint density at radius 1 is 1.42 bits per heavy atom. The predicted octanol–water partition coefficient (Wildman–Crippen LogP) is 3.02. The fourth-order valence-electron chi connectivity index (χ4n) is 2.10. The summed E-state index contributed by atoms with van der Waals surface area (Å²) in [5, 5.41) is 0.513. The van der Waals surface area contributed by atoms with Crippen LogP contribution in [0, 0.1) is 5.92 Å². The molecular formula is C11H10BrCl2NO3S. The highest BCUT2D eigenvalue weighted by atomic mass is 79.9. The first-order valence-corrected chi connectivity index (χ1v) is 9.09. The van der Waals surface area contributed by atoms with E-state index in [1.165, 1.54) is 4.90 Å². The molecule has 1 unspecified atom stereocenters. The fraction of sp³-hybridized carbons (Fsp3) is 0.364. The molecule has 4 nitrogen and oxygen atoms in total. The van der Waals surface area contributed by atoms with E-state index in [1.807, 2.05) is 0 Å². The zero-order valence-electron chi connectivity index (χ0n) is 9.64. The number of benzene rings is 1. The molecule has 1 saturated heterocycles. The van der Waals surface area contributed by atoms with Gasteiger partial charge in [0.25, 0.3) is 0 Å². The van der Waals surface area contributed by atoms with Crippen molar-refractivity contribution in [3.63, 3.8) is 0 Å². The predicted molar refractivity (Wildman–Crippen MR) is 79.3 cm³/mol. The van der Waals surface area contributed by atoms with Crippen molar-refractivity contribution in [3.8, 4) is 0 Å². The third-order valence-electron chi connectivity index (χ3n) is 2.84. The van der Waals surface area contributed by atoms with Crippen LogP contribution in [-0.2, 0) is 13.8 Å². The van der Waals surface area contributed by atoms with Gasteiger partial charge < -0.3 is 4.90 Å². The van der Waals surface area contributed by atoms with Crippen molar-refractivity contribution in [1.29, 1.82) is 0 Å². The van der Waals surface area contributed by atoms with Crippen LogP contribution >= 0.6 is 38.2 Å². The van der Waals surface area contributed by atoms with E-state index < -0.39 is 9.05 Å². The lowest BCUT2D eigenvalue weighted by Crippen LogP contribution is -2.25. The molecule has 0 saturated carbocycles. The zero-order valence-corrected chi connectivity index (χ0v) is 13.6. The highest BCUT2D eigenvalue weighted by Crippen LogP contribution is 2.34. The van der Waals surface area contributed by atoms with Gasteiger partial charge in [-0.05, 0) is 34.1 Å². The van der Waals surface area contributed by atoms with Crippen molar-refractivity contribution >= 4 is 58.9 Å². The van der Waals surface area contributed by atoms with Crippen molar-refractivity contribution < 1.29 is 13.2 Å². The van der Waals surface area contributed by atoms with E-state index in [0.717, 1.165) is 4.47 Å². The number of carbonyl (C=O) groups is 1. The molecule has 1 aliphatic rings. The Kier molecular flexibility index (Phi) is 4.45. The van der Waals surface area contributed by atoms with Gasteiger partial charge in [-0.3, -0.25) is 4.79 Å². The average Bonchev–Trinajstić information content (AvgIpc) is 2.60. The first-order valence-electron chi connectivity index (χ1n) is 5.44. The van der Waals surface area contributed by atoms with Gasteiger partial charge in [-0.1, -0.05) is 11.6 Å². The molecule has 0 aliphatic carbocycles. The molecule has 8 heteroatoms. The number of anilines is 1. The summed E-state index contributed by atoms with van der Waals surface area (Å²) in [4.78, 5) is 13.5. The van der Waals surface area contributed by atoms with Crippen LogP contribution < -0.4 is 4.90 Å². The van der Waals surface area contributed by atoms with Crippen molar-refractivity contribution in [1.82, 2.24) is 0 Å². The van der Waals surface area contributed by atoms with Gasteiger partial charge in [-0.15, -0.1) is 0 Å². The molecule has 0 spiro atoms. The minimum atomic E-state index is -3.60. The maximum absolute atomic E-state index is 12.0. The Morgan fingerprint density at radius 3 is 2.74 bits per heavy atom. The maximum Gasteiger partial charge on any atom is 0.232 e. The first kappa shape index (κ1) is 15.1. The number of rotatable bonds is 3. The highest BCUT2D eigenvalue weighted by Gasteiger charge is 2.34. The topological polar surface area (TPSA) is 54.5 Å². The molecule has 1 aliphatic heterocycles. The molecule has 0 radical (unpaired) electrons. The van der Waals surface area contributed by atoms with Crippen LogP contribution in [0.5, 0.6) is 0 Å². The van der Waals surface area contributed by atoms with Gasteiger partial charge in [0.2, 0.25) is 15.0 Å². The quantitative estimate of drug-likeness (QED) is 0.750. The second kappa shape index (κ2) is 5.60. The number of nitrogens with zero attached hydrogens (tertiary/aromatic N) is 1. The first-order chi connectivity index (χ1) is 8.76. The van der Waals surface area contributed by atoms with Crippen LogP contribution in [0.25, 0.3) is 0 Å². The molecule has 1 amide bonds. The Bertz CT molecular complexity index is 620. The molecule has 104 valence electrons. The summed E-state index contributed by atoms with van der Waals surface area (Å²) in [6.45, 7) is 0.323. The van der Waals surface area contributed by atoms with E-state index in [2.05, 4.69) is 15.9 Å². The van der Waals surface area contributed by atoms with Crippen molar-refractivity contribution in [2.45, 2.75) is 6.42 Å². The molecular weight excluding hydrogens is 377 g/mol. The third kappa shape index (κ3) is 3.84. The van der Waals surface area contributed by atoms with Gasteiger partial charge in [-0.2, -0.15) is 0 Å². The monoisotopic (exact) mass is 385 g/mol. The molecule has 1 heterocycles. The van der Waals surface area contributed by atoms with Gasteiger partial charge in [0.05, 0.1) is 11.4 Å². The van der Waals surface area contributed by atoms with E-state index >= 15 is 0 Å². The standard InChI is InChI=1S/C11H10BrCl2NO3S/c12-9-2-1-8(13)4-10(9)15-5-7(3-11(15)16)6-19(14,17)18/h1-2,4,7H,3,5-6H2. The Hall–Kier alpha value is -0.300. The molecule has 1 aromatic rings. The summed E-state index contributed by atoms with van der Waals surface area (Å²) in [7, 11) is 1.62. The molecule has 1 atom stereocenters. The summed E-state index contributed by atoms with van der Waals surface area (Å²) in [6.07, 6.45) is 0.172. The largest absolute Gasteiger partial charge is 0.311 e. The zero-order chi connectivity index (χ0) is 14.2. The van der Waals surface area contributed by atoms with Gasteiger partial charge in [0, 0.05) is 39.1 Å². The van der Waals surface area contributed by atoms with Crippen LogP contribution in [-0.4, -0.2) is 26.6 Å². The maximum atomic E-state index is 12.0. The summed E-state index contributed by atoms with van der Waals surface area (Å²) in [5.74, 6) is -0.621. The lowest BCUT2D eigenvalue weighted by Gasteiger charge is -2.18. The molecule has 0 bridgehead atoms. The summed E-state index contributed by atoms with van der Waals surface area (Å²) in [6, 6.07) is 5.12. The summed E-state index contributed by atoms with van der Waals surface area (Å²) < 4.78 is 22.9. The van der Waals surface area contributed by atoms with E-state index in [-0.39, 0.29) is 24.0 Å². The van der Waals surface area contributed by atoms with Crippen molar-refractivity contribution in [2.75, 3.05) is 17.2 Å². The van der Waals surface area contributed by atoms with Gasteiger partial charge in [-0.25, -0.2) is 8.42 Å². The Balaban J connectivity index is 2.23. The Labute approximate surface area is 129 Å². The molecule has 1 fully saturated rings. The second-order valence-electron chi connectivity index (χ2n) is 4.38. The van der Waals surface area contributed by atoms with Crippen LogP contribution in [0.15, 0.2) is 22.7 Å². The SMILES string of the molecule is O=C1CC(CS(=O)(=O)Cl)CN1c1cc(Cl)ccc1Br. The van der Waals surface area contributed by atoms with E-state index in [0.29, 0.717) is 17.3 Å². The van der Waals surface area contributed by atoms with Crippen molar-refractivity contribution in [3.05, 3.63) is 27.7 Å². The fourth-order valence-corrected chi connectivity index (χ4v) is 4.05. The minimum Gasteiger partial charge on any atom is -0.311 e. The van der Waals surface area contributed by atoms with Crippen molar-refractivity contribution in [2.24, 2.45) is 5.92 Å². The highest BCUT2D eigenvalue weighted by molar-refractivity contribution is 9.10. The normalized spacial score (nSPS) is 20.1. The summed E-state index contributed by atoms with van der Waals surface area (Å²) in [5.41, 5.74) is 0.645. The molecule has 0 aromatic heterocycles. The van der Waals surface area contributed by atoms with Crippen LogP contribution in [0.3, 0.4) is 0 Å². The van der Waals surface area contributed by atoms with E-state index in [9.17, 15) is 13.2 Å². The number of hydrogen-bond donors (Lipinski definition) is 0. The van der Waals surface area contributed by atoms with Crippen LogP contribution in [0.4, 0.5) is 5.69 Å². The summed E-state index contributed by atoms with van der Waals surface area (Å²) >= 11 is 9.26. The number of amides is 1. The van der Waals surface area contributed by atoms with Crippen LogP contribution in [0.1, 0.15) is 6.42 Å². The molecule has 0 N–H and O–H groups in total. The van der Waals surface area contributed by atoms with Crippen LogP contribution in [0.2, 0.25) is 5.02 Å². The average molecular weight is 387 g/mol. The second-order valence-corrected chi connectivity index (χ2v) is 8.49. The van der Waals surface area contributed by atoms with E-state index in [1.54, 1.807) is 18.2 Å². The minimum absolute atomic E-state index is 0.131. The molecule has 2 rings (SSSR count). The number of hydrogen-bond acceptors (Lipinski definition) is 3. The lowest BCUT2D eigenvalue weighted by molar-refractivity contribution is -0.117. The third-order valence-corrected chi connectivity index (χ3v) is 4.99. The van der Waals surface area contributed by atoms with E-state index in [4.69, 9.17) is 22.3 Å². The van der Waals surface area contributed by atoms with Gasteiger partial charge in [0.1, 0.15) is 0 Å². The molecule has 19 heavy (non-hydrogen) atoms. The van der Waals surface area contributed by atoms with Gasteiger partial charge in [0.15, 0.2) is 0 Å². The smallest absolute Gasteiger partial charge is 0.232 e. The molecule has 1 aromatic carbocycles. The number of halogens is 3. The lowest BCUT2D eigenvalue weighted by atomic mass is 10.1. The Morgan fingerprint density at radius 2 is 2.11 bits per heavy atom. The number of carbonyl (C=O) groups excluding carboxylic acids is 1. The van der Waals surface area contributed by atoms with Gasteiger partial charge >= 0.3 is 0 Å².